The Bertz CT molecular complexity index is 653. The molecule has 1 aromatic heterocycles. The fourth-order valence-corrected chi connectivity index (χ4v) is 1.82. The van der Waals surface area contributed by atoms with Gasteiger partial charge in [0.25, 0.3) is 0 Å². The van der Waals surface area contributed by atoms with Gasteiger partial charge in [-0.3, -0.25) is 0 Å². The number of hydrogen-bond acceptors (Lipinski definition) is 4. The summed E-state index contributed by atoms with van der Waals surface area (Å²) in [6.07, 6.45) is 1.97. The zero-order chi connectivity index (χ0) is 13.8. The smallest absolute Gasteiger partial charge is 0.333 e. The third kappa shape index (κ3) is 2.47. The summed E-state index contributed by atoms with van der Waals surface area (Å²) in [4.78, 5) is 24.5. The Morgan fingerprint density at radius 3 is 2.63 bits per heavy atom. The van der Waals surface area contributed by atoms with Gasteiger partial charge in [0.2, 0.25) is 5.88 Å². The summed E-state index contributed by atoms with van der Waals surface area (Å²) in [5.41, 5.74) is 1.26. The molecule has 0 saturated heterocycles. The van der Waals surface area contributed by atoms with Crippen LogP contribution in [0, 0.1) is 4.91 Å². The van der Waals surface area contributed by atoms with Crippen LogP contribution in [0.3, 0.4) is 0 Å². The van der Waals surface area contributed by atoms with Crippen molar-refractivity contribution in [3.05, 3.63) is 63.6 Å². The molecule has 2 rings (SSSR count). The largest absolute Gasteiger partial charge is 0.493 e. The lowest BCUT2D eigenvalue weighted by atomic mass is 10.2. The first kappa shape index (κ1) is 12.8. The highest BCUT2D eigenvalue weighted by molar-refractivity contribution is 5.39. The average Bonchev–Trinajstić information content (AvgIpc) is 2.67. The van der Waals surface area contributed by atoms with Gasteiger partial charge in [0.05, 0.1) is 11.4 Å². The summed E-state index contributed by atoms with van der Waals surface area (Å²) in [5.74, 6) is -0.133. The lowest BCUT2D eigenvalue weighted by Gasteiger charge is -2.04. The van der Waals surface area contributed by atoms with E-state index in [1.54, 1.807) is 30.3 Å². The van der Waals surface area contributed by atoms with Crippen molar-refractivity contribution in [3.8, 4) is 11.6 Å². The summed E-state index contributed by atoms with van der Waals surface area (Å²) >= 11 is 0. The molecule has 0 aliphatic heterocycles. The van der Waals surface area contributed by atoms with Crippen molar-refractivity contribution in [1.82, 2.24) is 9.55 Å². The molecule has 0 atom stereocenters. The summed E-state index contributed by atoms with van der Waals surface area (Å²) in [6.45, 7) is 3.64. The number of rotatable bonds is 5. The number of nitroso groups, excluding NO2 is 1. The molecule has 0 fully saturated rings. The van der Waals surface area contributed by atoms with Crippen molar-refractivity contribution in [2.45, 2.75) is 13.0 Å². The fraction of sp³-hybridized carbons (Fsp3) is 0.154. The maximum absolute atomic E-state index is 11.8. The quantitative estimate of drug-likeness (QED) is 0.634. The van der Waals surface area contributed by atoms with Crippen molar-refractivity contribution in [2.24, 2.45) is 5.18 Å². The molecule has 0 bridgehead atoms. The minimum Gasteiger partial charge on any atom is -0.493 e. The van der Waals surface area contributed by atoms with Crippen LogP contribution >= 0.6 is 0 Å². The number of H-pyrrole nitrogens is 1. The van der Waals surface area contributed by atoms with Gasteiger partial charge < -0.3 is 10.1 Å². The van der Waals surface area contributed by atoms with E-state index < -0.39 is 5.69 Å². The molecular formula is C13H13N3O3. The van der Waals surface area contributed by atoms with Gasteiger partial charge in [-0.1, -0.05) is 23.4 Å². The maximum Gasteiger partial charge on any atom is 0.333 e. The molecule has 0 aliphatic carbocycles. The molecule has 1 heterocycles. The molecule has 0 spiro atoms. The summed E-state index contributed by atoms with van der Waals surface area (Å²) in [7, 11) is 0. The molecule has 0 amide bonds. The number of imidazole rings is 1. The van der Waals surface area contributed by atoms with Crippen LogP contribution in [0.1, 0.15) is 11.3 Å². The first-order valence-corrected chi connectivity index (χ1v) is 5.69. The van der Waals surface area contributed by atoms with Crippen molar-refractivity contribution in [3.63, 3.8) is 0 Å². The Labute approximate surface area is 109 Å². The molecule has 0 saturated carbocycles. The van der Waals surface area contributed by atoms with E-state index in [9.17, 15) is 14.8 Å². The van der Waals surface area contributed by atoms with Gasteiger partial charge >= 0.3 is 5.69 Å². The third-order valence-corrected chi connectivity index (χ3v) is 2.73. The number of aromatic amines is 1. The van der Waals surface area contributed by atoms with Gasteiger partial charge in [0, 0.05) is 6.42 Å². The topological polar surface area (TPSA) is 87.5 Å². The molecule has 19 heavy (non-hydrogen) atoms. The Balaban J connectivity index is 2.43. The second-order valence-corrected chi connectivity index (χ2v) is 4.01. The molecule has 98 valence electrons. The molecule has 0 unspecified atom stereocenters. The fourth-order valence-electron chi connectivity index (χ4n) is 1.82. The first-order chi connectivity index (χ1) is 9.17. The standard InChI is InChI=1S/C13H13N3O3/c1-2-3-11-12(17)16(13(18)15-11)10-6-4-9(5-7-10)8-14-19/h2,4-7,17H,1,3,8H2,(H,15,18). The van der Waals surface area contributed by atoms with Gasteiger partial charge in [-0.15, -0.1) is 6.58 Å². The van der Waals surface area contributed by atoms with Crippen molar-refractivity contribution in [2.75, 3.05) is 0 Å². The Kier molecular flexibility index (Phi) is 3.61. The van der Waals surface area contributed by atoms with Crippen molar-refractivity contribution >= 4 is 0 Å². The molecular weight excluding hydrogens is 246 g/mol. The highest BCUT2D eigenvalue weighted by Crippen LogP contribution is 2.19. The van der Waals surface area contributed by atoms with Crippen LogP contribution in [-0.2, 0) is 13.0 Å². The van der Waals surface area contributed by atoms with Gasteiger partial charge in [-0.25, -0.2) is 9.36 Å². The molecule has 0 aliphatic rings. The van der Waals surface area contributed by atoms with Crippen LogP contribution < -0.4 is 5.69 Å². The zero-order valence-electron chi connectivity index (χ0n) is 10.2. The minimum atomic E-state index is -0.421. The normalized spacial score (nSPS) is 10.3. The monoisotopic (exact) mass is 259 g/mol. The highest BCUT2D eigenvalue weighted by Gasteiger charge is 2.13. The van der Waals surface area contributed by atoms with E-state index in [1.807, 2.05) is 0 Å². The molecule has 0 radical (unpaired) electrons. The van der Waals surface area contributed by atoms with E-state index in [4.69, 9.17) is 0 Å². The molecule has 2 aromatic rings. The van der Waals surface area contributed by atoms with E-state index in [0.717, 1.165) is 10.1 Å². The van der Waals surface area contributed by atoms with Crippen LogP contribution in [-0.4, -0.2) is 14.7 Å². The molecule has 6 heteroatoms. The van der Waals surface area contributed by atoms with Crippen LogP contribution in [0.2, 0.25) is 0 Å². The number of aromatic hydroxyl groups is 1. The van der Waals surface area contributed by atoms with Gasteiger partial charge in [-0.05, 0) is 17.7 Å². The molecule has 6 nitrogen and oxygen atoms in total. The number of benzene rings is 1. The van der Waals surface area contributed by atoms with Gasteiger partial charge in [-0.2, -0.15) is 4.91 Å². The molecule has 1 aromatic carbocycles. The van der Waals surface area contributed by atoms with E-state index in [0.29, 0.717) is 17.8 Å². The summed E-state index contributed by atoms with van der Waals surface area (Å²) in [5, 5.41) is 12.8. The lowest BCUT2D eigenvalue weighted by Crippen LogP contribution is -2.14. The molecule has 2 N–H and O–H groups in total. The zero-order valence-corrected chi connectivity index (χ0v) is 10.2. The van der Waals surface area contributed by atoms with Gasteiger partial charge in [0.15, 0.2) is 0 Å². The number of hydrogen-bond donors (Lipinski definition) is 2. The maximum atomic E-state index is 11.8. The SMILES string of the molecule is C=CCc1[nH]c(=O)n(-c2ccc(CN=O)cc2)c1O. The summed E-state index contributed by atoms with van der Waals surface area (Å²) < 4.78 is 1.16. The minimum absolute atomic E-state index is 0.0794. The van der Waals surface area contributed by atoms with E-state index in [2.05, 4.69) is 16.7 Å². The lowest BCUT2D eigenvalue weighted by molar-refractivity contribution is 0.435. The van der Waals surface area contributed by atoms with Crippen LogP contribution in [0.4, 0.5) is 0 Å². The second-order valence-electron chi connectivity index (χ2n) is 4.01. The Morgan fingerprint density at radius 2 is 2.05 bits per heavy atom. The van der Waals surface area contributed by atoms with E-state index >= 15 is 0 Å². The summed E-state index contributed by atoms with van der Waals surface area (Å²) in [6, 6.07) is 6.66. The van der Waals surface area contributed by atoms with Crippen molar-refractivity contribution in [1.29, 1.82) is 0 Å². The average molecular weight is 259 g/mol. The van der Waals surface area contributed by atoms with Crippen LogP contribution in [0.5, 0.6) is 5.88 Å². The number of nitrogens with one attached hydrogen (secondary N) is 1. The van der Waals surface area contributed by atoms with Gasteiger partial charge in [0.1, 0.15) is 6.54 Å². The van der Waals surface area contributed by atoms with Crippen LogP contribution in [0.15, 0.2) is 46.9 Å². The Hall–Kier alpha value is -2.63. The third-order valence-electron chi connectivity index (χ3n) is 2.73. The number of aromatic nitrogens is 2. The van der Waals surface area contributed by atoms with Crippen LogP contribution in [0.25, 0.3) is 5.69 Å². The first-order valence-electron chi connectivity index (χ1n) is 5.69. The predicted molar refractivity (Wildman–Crippen MR) is 71.5 cm³/mol. The second kappa shape index (κ2) is 5.34. The number of allylic oxidation sites excluding steroid dienone is 1. The highest BCUT2D eigenvalue weighted by atomic mass is 16.3. The van der Waals surface area contributed by atoms with E-state index in [-0.39, 0.29) is 12.4 Å². The Morgan fingerprint density at radius 1 is 1.37 bits per heavy atom. The predicted octanol–water partition coefficient (Wildman–Crippen LogP) is 1.87. The van der Waals surface area contributed by atoms with E-state index in [1.165, 1.54) is 0 Å². The van der Waals surface area contributed by atoms with Crippen molar-refractivity contribution < 1.29 is 5.11 Å². The number of nitrogens with zero attached hydrogens (tertiary/aromatic N) is 2.